The number of hydrogen-bond acceptors (Lipinski definition) is 3. The first-order valence-corrected chi connectivity index (χ1v) is 9.31. The normalized spacial score (nSPS) is 11.9. The van der Waals surface area contributed by atoms with Crippen molar-refractivity contribution >= 4 is 7.60 Å². The molecule has 0 fully saturated rings. The summed E-state index contributed by atoms with van der Waals surface area (Å²) in [6.07, 6.45) is 12.1. The molecule has 0 bridgehead atoms. The summed E-state index contributed by atoms with van der Waals surface area (Å²) in [6, 6.07) is 0. The SMILES string of the molecule is NCCCCCCCCCCCCNCP(=O)(O)O. The van der Waals surface area contributed by atoms with Crippen LogP contribution in [0, 0.1) is 0 Å². The van der Waals surface area contributed by atoms with E-state index in [-0.39, 0.29) is 6.29 Å². The van der Waals surface area contributed by atoms with Gasteiger partial charge >= 0.3 is 7.60 Å². The molecule has 0 amide bonds. The van der Waals surface area contributed by atoms with Crippen LogP contribution in [0.5, 0.6) is 0 Å². The first-order valence-electron chi connectivity index (χ1n) is 7.51. The Morgan fingerprint density at radius 3 is 1.63 bits per heavy atom. The molecule has 0 saturated heterocycles. The van der Waals surface area contributed by atoms with E-state index in [1.54, 1.807) is 0 Å². The summed E-state index contributed by atoms with van der Waals surface area (Å²) in [4.78, 5) is 17.3. The van der Waals surface area contributed by atoms with E-state index in [4.69, 9.17) is 15.5 Å². The van der Waals surface area contributed by atoms with Gasteiger partial charge in [0.2, 0.25) is 0 Å². The molecule has 0 aliphatic carbocycles. The Labute approximate surface area is 117 Å². The molecular formula is C13H31N2O3P. The lowest BCUT2D eigenvalue weighted by Crippen LogP contribution is -2.16. The van der Waals surface area contributed by atoms with E-state index in [9.17, 15) is 4.57 Å². The first kappa shape index (κ1) is 19.1. The van der Waals surface area contributed by atoms with Gasteiger partial charge in [-0.15, -0.1) is 0 Å². The molecule has 0 aromatic rings. The van der Waals surface area contributed by atoms with Crippen molar-refractivity contribution in [2.24, 2.45) is 5.73 Å². The summed E-state index contributed by atoms with van der Waals surface area (Å²) in [5, 5.41) is 2.78. The van der Waals surface area contributed by atoms with Gasteiger partial charge in [0.05, 0.1) is 6.29 Å². The standard InChI is InChI=1S/C13H31N2O3P/c14-11-9-7-5-3-1-2-4-6-8-10-12-15-13-19(16,17)18/h15H,1-14H2,(H2,16,17,18). The molecule has 116 valence electrons. The van der Waals surface area contributed by atoms with Crippen LogP contribution in [0.25, 0.3) is 0 Å². The van der Waals surface area contributed by atoms with Crippen molar-refractivity contribution in [2.75, 3.05) is 19.4 Å². The van der Waals surface area contributed by atoms with Crippen molar-refractivity contribution in [2.45, 2.75) is 64.2 Å². The molecule has 5 nitrogen and oxygen atoms in total. The maximum absolute atomic E-state index is 10.6. The predicted octanol–water partition coefficient (Wildman–Crippen LogP) is 2.57. The van der Waals surface area contributed by atoms with E-state index in [1.165, 1.54) is 44.9 Å². The summed E-state index contributed by atoms with van der Waals surface area (Å²) >= 11 is 0. The van der Waals surface area contributed by atoms with Crippen LogP contribution in [-0.2, 0) is 4.57 Å². The molecule has 0 aliphatic rings. The summed E-state index contributed by atoms with van der Waals surface area (Å²) < 4.78 is 10.6. The van der Waals surface area contributed by atoms with Gasteiger partial charge in [-0.1, -0.05) is 51.4 Å². The molecule has 0 unspecified atom stereocenters. The van der Waals surface area contributed by atoms with Crippen molar-refractivity contribution in [1.82, 2.24) is 5.32 Å². The Balaban J connectivity index is 3.01. The third-order valence-electron chi connectivity index (χ3n) is 3.13. The van der Waals surface area contributed by atoms with E-state index >= 15 is 0 Å². The molecule has 5 N–H and O–H groups in total. The maximum Gasteiger partial charge on any atom is 0.339 e. The van der Waals surface area contributed by atoms with Crippen LogP contribution in [0.15, 0.2) is 0 Å². The summed E-state index contributed by atoms with van der Waals surface area (Å²) in [7, 11) is -3.87. The summed E-state index contributed by atoms with van der Waals surface area (Å²) in [6.45, 7) is 1.51. The Hall–Kier alpha value is 0.0700. The number of nitrogens with one attached hydrogen (secondary N) is 1. The lowest BCUT2D eigenvalue weighted by molar-refractivity contribution is 0.367. The minimum absolute atomic E-state index is 0.199. The zero-order valence-corrected chi connectivity index (χ0v) is 12.9. The van der Waals surface area contributed by atoms with Gasteiger partial charge in [0.1, 0.15) is 0 Å². The van der Waals surface area contributed by atoms with Crippen molar-refractivity contribution < 1.29 is 14.4 Å². The van der Waals surface area contributed by atoms with E-state index in [0.29, 0.717) is 6.54 Å². The third-order valence-corrected chi connectivity index (χ3v) is 3.76. The maximum atomic E-state index is 10.6. The lowest BCUT2D eigenvalue weighted by atomic mass is 10.1. The Morgan fingerprint density at radius 1 is 0.789 bits per heavy atom. The average Bonchev–Trinajstić information content (AvgIpc) is 2.34. The second-order valence-electron chi connectivity index (χ2n) is 5.15. The van der Waals surface area contributed by atoms with Crippen molar-refractivity contribution in [3.63, 3.8) is 0 Å². The third kappa shape index (κ3) is 18.1. The van der Waals surface area contributed by atoms with E-state index < -0.39 is 7.60 Å². The monoisotopic (exact) mass is 294 g/mol. The quantitative estimate of drug-likeness (QED) is 0.292. The number of hydrogen-bond donors (Lipinski definition) is 4. The van der Waals surface area contributed by atoms with Crippen molar-refractivity contribution in [3.8, 4) is 0 Å². The molecule has 0 saturated carbocycles. The van der Waals surface area contributed by atoms with Gasteiger partial charge in [0.15, 0.2) is 0 Å². The van der Waals surface area contributed by atoms with Gasteiger partial charge in [-0.25, -0.2) is 0 Å². The van der Waals surface area contributed by atoms with Crippen LogP contribution >= 0.6 is 7.60 Å². The molecular weight excluding hydrogens is 263 g/mol. The zero-order chi connectivity index (χ0) is 14.4. The van der Waals surface area contributed by atoms with E-state index in [1.807, 2.05) is 0 Å². The minimum atomic E-state index is -3.87. The highest BCUT2D eigenvalue weighted by molar-refractivity contribution is 7.51. The number of unbranched alkanes of at least 4 members (excludes halogenated alkanes) is 9. The van der Waals surface area contributed by atoms with E-state index in [0.717, 1.165) is 25.8 Å². The molecule has 0 aromatic carbocycles. The molecule has 0 spiro atoms. The van der Waals surface area contributed by atoms with Gasteiger partial charge in [0, 0.05) is 0 Å². The van der Waals surface area contributed by atoms with Gasteiger partial charge in [-0.3, -0.25) is 4.57 Å². The predicted molar refractivity (Wildman–Crippen MR) is 80.1 cm³/mol. The van der Waals surface area contributed by atoms with E-state index in [2.05, 4.69) is 5.32 Å². The fourth-order valence-electron chi connectivity index (χ4n) is 2.03. The molecule has 0 rings (SSSR count). The Bertz CT molecular complexity index is 234. The van der Waals surface area contributed by atoms with Crippen LogP contribution in [0.4, 0.5) is 0 Å². The molecule has 0 radical (unpaired) electrons. The Morgan fingerprint density at radius 2 is 1.21 bits per heavy atom. The second kappa shape index (κ2) is 13.1. The van der Waals surface area contributed by atoms with Crippen molar-refractivity contribution in [3.05, 3.63) is 0 Å². The molecule has 0 atom stereocenters. The second-order valence-corrected chi connectivity index (χ2v) is 6.79. The highest BCUT2D eigenvalue weighted by Crippen LogP contribution is 2.31. The highest BCUT2D eigenvalue weighted by Gasteiger charge is 2.10. The van der Waals surface area contributed by atoms with Crippen LogP contribution in [-0.4, -0.2) is 29.2 Å². The number of nitrogens with two attached hydrogens (primary N) is 1. The molecule has 0 aromatic heterocycles. The minimum Gasteiger partial charge on any atom is -0.330 e. The van der Waals surface area contributed by atoms with Gasteiger partial charge in [0.25, 0.3) is 0 Å². The van der Waals surface area contributed by atoms with Crippen LogP contribution in [0.2, 0.25) is 0 Å². The zero-order valence-electron chi connectivity index (χ0n) is 12.0. The molecule has 6 heteroatoms. The van der Waals surface area contributed by atoms with Crippen LogP contribution < -0.4 is 11.1 Å². The summed E-state index contributed by atoms with van der Waals surface area (Å²) in [5.74, 6) is 0. The fourth-order valence-corrected chi connectivity index (χ4v) is 2.48. The van der Waals surface area contributed by atoms with Gasteiger partial charge in [-0.05, 0) is 25.9 Å². The molecule has 0 heterocycles. The van der Waals surface area contributed by atoms with Gasteiger partial charge < -0.3 is 20.8 Å². The Kier molecular flexibility index (Phi) is 13.1. The fraction of sp³-hybridized carbons (Fsp3) is 1.00. The smallest absolute Gasteiger partial charge is 0.330 e. The van der Waals surface area contributed by atoms with Crippen LogP contribution in [0.1, 0.15) is 64.2 Å². The average molecular weight is 294 g/mol. The topological polar surface area (TPSA) is 95.6 Å². The summed E-state index contributed by atoms with van der Waals surface area (Å²) in [5.41, 5.74) is 5.43. The van der Waals surface area contributed by atoms with Gasteiger partial charge in [-0.2, -0.15) is 0 Å². The largest absolute Gasteiger partial charge is 0.339 e. The van der Waals surface area contributed by atoms with Crippen LogP contribution in [0.3, 0.4) is 0 Å². The van der Waals surface area contributed by atoms with Crippen molar-refractivity contribution in [1.29, 1.82) is 0 Å². The number of rotatable bonds is 14. The molecule has 0 aliphatic heterocycles. The first-order chi connectivity index (χ1) is 9.06. The molecule has 19 heavy (non-hydrogen) atoms. The lowest BCUT2D eigenvalue weighted by Gasteiger charge is -2.06. The highest BCUT2D eigenvalue weighted by atomic mass is 31.2.